The number of hydrogen-bond acceptors (Lipinski definition) is 3. The topological polar surface area (TPSA) is 46.6 Å². The highest BCUT2D eigenvalue weighted by Gasteiger charge is 2.37. The number of rotatable bonds is 4. The van der Waals surface area contributed by atoms with Crippen molar-refractivity contribution >= 4 is 11.7 Å². The molecule has 2 aromatic carbocycles. The fourth-order valence-corrected chi connectivity index (χ4v) is 3.22. The van der Waals surface area contributed by atoms with Crippen LogP contribution >= 0.6 is 0 Å². The van der Waals surface area contributed by atoms with E-state index >= 15 is 0 Å². The van der Waals surface area contributed by atoms with E-state index in [2.05, 4.69) is 0 Å². The Bertz CT molecular complexity index is 771. The number of amides is 1. The number of hydrogen-bond donors (Lipinski definition) is 0. The van der Waals surface area contributed by atoms with E-state index in [1.807, 2.05) is 6.92 Å². The Morgan fingerprint density at radius 1 is 1.00 bits per heavy atom. The van der Waals surface area contributed by atoms with Gasteiger partial charge in [-0.15, -0.1) is 0 Å². The first-order valence-electron chi connectivity index (χ1n) is 8.22. The summed E-state index contributed by atoms with van der Waals surface area (Å²) in [5.74, 6) is 0.0151. The SMILES string of the molecule is COc1ccc(C(=O)C2CN(C(=O)c3ccc(F)cc3)CC2C)cc1. The van der Waals surface area contributed by atoms with Gasteiger partial charge in [0.05, 0.1) is 7.11 Å². The third-order valence-corrected chi connectivity index (χ3v) is 4.70. The van der Waals surface area contributed by atoms with E-state index in [1.165, 1.54) is 24.3 Å². The molecule has 0 spiro atoms. The average Bonchev–Trinajstić information content (AvgIpc) is 3.03. The summed E-state index contributed by atoms with van der Waals surface area (Å²) in [5, 5.41) is 0. The van der Waals surface area contributed by atoms with Gasteiger partial charge in [-0.1, -0.05) is 6.92 Å². The molecule has 0 bridgehead atoms. The third kappa shape index (κ3) is 3.55. The number of likely N-dealkylation sites (tertiary alicyclic amines) is 1. The zero-order valence-electron chi connectivity index (χ0n) is 14.2. The number of halogens is 1. The van der Waals surface area contributed by atoms with Gasteiger partial charge in [0.2, 0.25) is 0 Å². The Hall–Kier alpha value is -2.69. The average molecular weight is 341 g/mol. The molecular weight excluding hydrogens is 321 g/mol. The van der Waals surface area contributed by atoms with Gasteiger partial charge in [-0.05, 0) is 54.4 Å². The van der Waals surface area contributed by atoms with Crippen molar-refractivity contribution in [3.05, 3.63) is 65.5 Å². The van der Waals surface area contributed by atoms with Gasteiger partial charge in [0.15, 0.2) is 5.78 Å². The van der Waals surface area contributed by atoms with E-state index in [9.17, 15) is 14.0 Å². The van der Waals surface area contributed by atoms with Crippen LogP contribution in [0.4, 0.5) is 4.39 Å². The van der Waals surface area contributed by atoms with Crippen LogP contribution in [0.25, 0.3) is 0 Å². The van der Waals surface area contributed by atoms with Gasteiger partial charge in [-0.25, -0.2) is 4.39 Å². The van der Waals surface area contributed by atoms with Crippen molar-refractivity contribution in [3.8, 4) is 5.75 Å². The molecule has 130 valence electrons. The fourth-order valence-electron chi connectivity index (χ4n) is 3.22. The maximum Gasteiger partial charge on any atom is 0.253 e. The van der Waals surface area contributed by atoms with Gasteiger partial charge in [-0.3, -0.25) is 9.59 Å². The fraction of sp³-hybridized carbons (Fsp3) is 0.300. The summed E-state index contributed by atoms with van der Waals surface area (Å²) in [7, 11) is 1.58. The predicted molar refractivity (Wildman–Crippen MR) is 92.3 cm³/mol. The van der Waals surface area contributed by atoms with E-state index in [1.54, 1.807) is 36.3 Å². The van der Waals surface area contributed by atoms with Crippen LogP contribution in [0.3, 0.4) is 0 Å². The van der Waals surface area contributed by atoms with Gasteiger partial charge in [0.1, 0.15) is 11.6 Å². The molecule has 1 aliphatic rings. The molecule has 1 heterocycles. The number of Topliss-reactive ketones (excluding diaryl/α,β-unsaturated/α-hetero) is 1. The maximum atomic E-state index is 13.0. The minimum Gasteiger partial charge on any atom is -0.497 e. The first kappa shape index (κ1) is 17.1. The molecular formula is C20H20FNO3. The largest absolute Gasteiger partial charge is 0.497 e. The minimum atomic E-state index is -0.376. The monoisotopic (exact) mass is 341 g/mol. The molecule has 2 atom stereocenters. The highest BCUT2D eigenvalue weighted by Crippen LogP contribution is 2.28. The lowest BCUT2D eigenvalue weighted by Gasteiger charge is -2.16. The second-order valence-electron chi connectivity index (χ2n) is 6.39. The van der Waals surface area contributed by atoms with Crippen LogP contribution in [0.1, 0.15) is 27.6 Å². The molecule has 0 radical (unpaired) electrons. The molecule has 1 amide bonds. The smallest absolute Gasteiger partial charge is 0.253 e. The lowest BCUT2D eigenvalue weighted by Crippen LogP contribution is -2.30. The summed E-state index contributed by atoms with van der Waals surface area (Å²) in [4.78, 5) is 27.0. The highest BCUT2D eigenvalue weighted by molar-refractivity contribution is 6.00. The summed E-state index contributed by atoms with van der Waals surface area (Å²) in [6, 6.07) is 12.5. The Balaban J connectivity index is 1.72. The zero-order valence-corrected chi connectivity index (χ0v) is 14.2. The zero-order chi connectivity index (χ0) is 18.0. The molecule has 2 unspecified atom stereocenters. The molecule has 5 heteroatoms. The number of nitrogens with zero attached hydrogens (tertiary/aromatic N) is 1. The summed E-state index contributed by atoms with van der Waals surface area (Å²) in [5.41, 5.74) is 1.06. The number of carbonyl (C=O) groups excluding carboxylic acids is 2. The standard InChI is InChI=1S/C20H20FNO3/c1-13-11-22(20(24)15-3-7-16(21)8-4-15)12-18(13)19(23)14-5-9-17(25-2)10-6-14/h3-10,13,18H,11-12H2,1-2H3. The normalized spacial score (nSPS) is 19.7. The molecule has 0 aromatic heterocycles. The van der Waals surface area contributed by atoms with E-state index in [4.69, 9.17) is 4.74 Å². The summed E-state index contributed by atoms with van der Waals surface area (Å²) >= 11 is 0. The molecule has 2 aromatic rings. The van der Waals surface area contributed by atoms with E-state index in [0.29, 0.717) is 30.0 Å². The molecule has 0 N–H and O–H groups in total. The summed E-state index contributed by atoms with van der Waals surface area (Å²) in [6.07, 6.45) is 0. The number of ketones is 1. The highest BCUT2D eigenvalue weighted by atomic mass is 19.1. The molecule has 25 heavy (non-hydrogen) atoms. The summed E-state index contributed by atoms with van der Waals surface area (Å²) < 4.78 is 18.1. The lowest BCUT2D eigenvalue weighted by atomic mass is 9.90. The number of methoxy groups -OCH3 is 1. The van der Waals surface area contributed by atoms with Gasteiger partial charge >= 0.3 is 0 Å². The molecule has 3 rings (SSSR count). The number of benzene rings is 2. The predicted octanol–water partition coefficient (Wildman–Crippen LogP) is 3.43. The minimum absolute atomic E-state index is 0.0320. The van der Waals surface area contributed by atoms with Crippen molar-refractivity contribution in [1.82, 2.24) is 4.90 Å². The van der Waals surface area contributed by atoms with Crippen LogP contribution in [0.15, 0.2) is 48.5 Å². The van der Waals surface area contributed by atoms with Crippen molar-refractivity contribution in [1.29, 1.82) is 0 Å². The first-order valence-corrected chi connectivity index (χ1v) is 8.22. The van der Waals surface area contributed by atoms with Crippen molar-refractivity contribution < 1.29 is 18.7 Å². The van der Waals surface area contributed by atoms with Crippen molar-refractivity contribution in [3.63, 3.8) is 0 Å². The second-order valence-corrected chi connectivity index (χ2v) is 6.39. The second kappa shape index (κ2) is 7.05. The molecule has 4 nitrogen and oxygen atoms in total. The van der Waals surface area contributed by atoms with Gasteiger partial charge in [-0.2, -0.15) is 0 Å². The maximum absolute atomic E-state index is 13.0. The molecule has 1 fully saturated rings. The van der Waals surface area contributed by atoms with Crippen LogP contribution in [-0.2, 0) is 0 Å². The first-order chi connectivity index (χ1) is 12.0. The Morgan fingerprint density at radius 2 is 1.60 bits per heavy atom. The quantitative estimate of drug-likeness (QED) is 0.801. The number of carbonyl (C=O) groups is 2. The van der Waals surface area contributed by atoms with Gasteiger partial charge < -0.3 is 9.64 Å². The van der Waals surface area contributed by atoms with Gasteiger partial charge in [0, 0.05) is 30.1 Å². The molecule has 0 saturated carbocycles. The van der Waals surface area contributed by atoms with Crippen LogP contribution in [-0.4, -0.2) is 36.8 Å². The Morgan fingerprint density at radius 3 is 2.20 bits per heavy atom. The van der Waals surface area contributed by atoms with E-state index in [-0.39, 0.29) is 29.3 Å². The van der Waals surface area contributed by atoms with Crippen molar-refractivity contribution in [2.45, 2.75) is 6.92 Å². The van der Waals surface area contributed by atoms with Crippen LogP contribution in [0.2, 0.25) is 0 Å². The van der Waals surface area contributed by atoms with E-state index in [0.717, 1.165) is 0 Å². The van der Waals surface area contributed by atoms with Crippen LogP contribution < -0.4 is 4.74 Å². The van der Waals surface area contributed by atoms with Crippen molar-refractivity contribution in [2.75, 3.05) is 20.2 Å². The van der Waals surface area contributed by atoms with Crippen LogP contribution in [0.5, 0.6) is 5.75 Å². The lowest BCUT2D eigenvalue weighted by molar-refractivity contribution is 0.0779. The van der Waals surface area contributed by atoms with Gasteiger partial charge in [0.25, 0.3) is 5.91 Å². The molecule has 0 aliphatic carbocycles. The Kier molecular flexibility index (Phi) is 4.83. The van der Waals surface area contributed by atoms with Crippen molar-refractivity contribution in [2.24, 2.45) is 11.8 Å². The summed E-state index contributed by atoms with van der Waals surface area (Å²) in [6.45, 7) is 2.87. The Labute approximate surface area is 146 Å². The van der Waals surface area contributed by atoms with E-state index < -0.39 is 0 Å². The third-order valence-electron chi connectivity index (χ3n) is 4.70. The number of ether oxygens (including phenoxy) is 1. The van der Waals surface area contributed by atoms with Crippen LogP contribution in [0, 0.1) is 17.7 Å². The molecule has 1 aliphatic heterocycles. The molecule has 1 saturated heterocycles.